The lowest BCUT2D eigenvalue weighted by Crippen LogP contribution is -2.14. The monoisotopic (exact) mass is 482 g/mol. The summed E-state index contributed by atoms with van der Waals surface area (Å²) in [4.78, 5) is 0. The predicted molar refractivity (Wildman–Crippen MR) is 145 cm³/mol. The Balaban J connectivity index is 2.80. The number of benzene rings is 2. The van der Waals surface area contributed by atoms with Crippen LogP contribution in [-0.4, -0.2) is 42.8 Å². The Bertz CT molecular complexity index is 1160. The van der Waals surface area contributed by atoms with Crippen LogP contribution in [0.5, 0.6) is 0 Å². The van der Waals surface area contributed by atoms with Crippen molar-refractivity contribution in [1.82, 2.24) is 0 Å². The molecule has 0 saturated heterocycles. The Kier molecular flexibility index (Phi) is 8.50. The summed E-state index contributed by atoms with van der Waals surface area (Å²) < 4.78 is 0. The molecule has 2 aromatic carbocycles. The second-order valence-corrected chi connectivity index (χ2v) is 10.8. The van der Waals surface area contributed by atoms with E-state index in [1.54, 1.807) is 67.5 Å². The molecular formula is C32H34O4. The van der Waals surface area contributed by atoms with E-state index in [0.29, 0.717) is 22.3 Å². The molecule has 0 fully saturated rings. The summed E-state index contributed by atoms with van der Waals surface area (Å²) in [5, 5.41) is 40.2. The largest absolute Gasteiger partial charge is 0.378 e. The Morgan fingerprint density at radius 1 is 0.389 bits per heavy atom. The number of aliphatic hydroxyl groups is 4. The minimum atomic E-state index is -1.17. The van der Waals surface area contributed by atoms with Crippen molar-refractivity contribution >= 4 is 0 Å². The molecule has 36 heavy (non-hydrogen) atoms. The maximum atomic E-state index is 10.1. The second-order valence-electron chi connectivity index (χ2n) is 10.8. The first kappa shape index (κ1) is 28.8. The zero-order chi connectivity index (χ0) is 27.4. The van der Waals surface area contributed by atoms with E-state index in [-0.39, 0.29) is 0 Å². The molecule has 2 rings (SSSR count). The minimum absolute atomic E-state index is 0.645. The molecule has 0 bridgehead atoms. The molecule has 186 valence electrons. The average Bonchev–Trinajstić information content (AvgIpc) is 2.71. The zero-order valence-corrected chi connectivity index (χ0v) is 22.3. The number of hydrogen-bond donors (Lipinski definition) is 4. The van der Waals surface area contributed by atoms with E-state index in [9.17, 15) is 20.4 Å². The highest BCUT2D eigenvalue weighted by molar-refractivity contribution is 5.71. The van der Waals surface area contributed by atoms with Gasteiger partial charge < -0.3 is 20.4 Å². The lowest BCUT2D eigenvalue weighted by atomic mass is 9.95. The third kappa shape index (κ3) is 11.3. The molecule has 4 nitrogen and oxygen atoms in total. The molecule has 4 N–H and O–H groups in total. The summed E-state index contributed by atoms with van der Waals surface area (Å²) in [6, 6.07) is 11.1. The van der Waals surface area contributed by atoms with Crippen LogP contribution in [0.25, 0.3) is 11.1 Å². The molecule has 0 heterocycles. The second kappa shape index (κ2) is 10.6. The van der Waals surface area contributed by atoms with Gasteiger partial charge in [-0.1, -0.05) is 47.4 Å². The van der Waals surface area contributed by atoms with Crippen LogP contribution < -0.4 is 0 Å². The van der Waals surface area contributed by atoms with Crippen molar-refractivity contribution in [1.29, 1.82) is 0 Å². The van der Waals surface area contributed by atoms with E-state index in [4.69, 9.17) is 0 Å². The minimum Gasteiger partial charge on any atom is -0.378 e. The molecule has 2 aromatic rings. The highest BCUT2D eigenvalue weighted by Gasteiger charge is 2.11. The smallest absolute Gasteiger partial charge is 0.120 e. The summed E-state index contributed by atoms with van der Waals surface area (Å²) in [6.45, 7) is 12.9. The predicted octanol–water partition coefficient (Wildman–Crippen LogP) is 3.84. The average molecular weight is 483 g/mol. The van der Waals surface area contributed by atoms with Crippen LogP contribution in [0.2, 0.25) is 0 Å². The Hall–Kier alpha value is -3.48. The van der Waals surface area contributed by atoms with Crippen LogP contribution in [0, 0.1) is 47.4 Å². The number of rotatable bonds is 1. The normalized spacial score (nSPS) is 11.6. The molecular weight excluding hydrogens is 448 g/mol. The van der Waals surface area contributed by atoms with Crippen LogP contribution in [0.15, 0.2) is 36.4 Å². The molecule has 0 spiro atoms. The van der Waals surface area contributed by atoms with Crippen molar-refractivity contribution in [2.24, 2.45) is 0 Å². The summed E-state index contributed by atoms with van der Waals surface area (Å²) in [5.41, 5.74) is -0.505. The third-order valence-electron chi connectivity index (χ3n) is 4.25. The van der Waals surface area contributed by atoms with Crippen LogP contribution >= 0.6 is 0 Å². The Labute approximate surface area is 215 Å². The van der Waals surface area contributed by atoms with Gasteiger partial charge in [-0.15, -0.1) is 0 Å². The summed E-state index contributed by atoms with van der Waals surface area (Å²) in [6.07, 6.45) is 0. The molecule has 0 unspecified atom stereocenters. The van der Waals surface area contributed by atoms with E-state index in [1.165, 1.54) is 0 Å². The van der Waals surface area contributed by atoms with Gasteiger partial charge in [0.25, 0.3) is 0 Å². The van der Waals surface area contributed by atoms with E-state index >= 15 is 0 Å². The topological polar surface area (TPSA) is 80.9 Å². The summed E-state index contributed by atoms with van der Waals surface area (Å²) in [7, 11) is 0. The van der Waals surface area contributed by atoms with Gasteiger partial charge in [-0.2, -0.15) is 0 Å². The molecule has 0 radical (unpaired) electrons. The van der Waals surface area contributed by atoms with E-state index in [2.05, 4.69) is 47.4 Å². The first-order valence-electron chi connectivity index (χ1n) is 11.6. The highest BCUT2D eigenvalue weighted by atomic mass is 16.3. The van der Waals surface area contributed by atoms with Crippen molar-refractivity contribution < 1.29 is 20.4 Å². The van der Waals surface area contributed by atoms with Gasteiger partial charge in [0, 0.05) is 22.3 Å². The molecule has 4 heteroatoms. The maximum Gasteiger partial charge on any atom is 0.120 e. The fourth-order valence-electron chi connectivity index (χ4n) is 2.78. The van der Waals surface area contributed by atoms with Gasteiger partial charge in [-0.05, 0) is 103 Å². The first-order chi connectivity index (χ1) is 16.3. The Morgan fingerprint density at radius 2 is 0.583 bits per heavy atom. The van der Waals surface area contributed by atoms with Crippen LogP contribution in [0.3, 0.4) is 0 Å². The lowest BCUT2D eigenvalue weighted by Gasteiger charge is -2.10. The molecule has 0 aromatic heterocycles. The van der Waals surface area contributed by atoms with Crippen molar-refractivity contribution in [3.05, 3.63) is 58.7 Å². The SMILES string of the molecule is CC(C)(O)C#Cc1cc(C#CC(C)(C)O)cc(-c2cc(C#CC(C)(C)O)cc(C#CC(C)(C)O)c2)c1. The van der Waals surface area contributed by atoms with Gasteiger partial charge in [0.1, 0.15) is 22.4 Å². The molecule has 0 saturated carbocycles. The molecule has 0 aliphatic heterocycles. The maximum absolute atomic E-state index is 10.1. The summed E-state index contributed by atoms with van der Waals surface area (Å²) >= 11 is 0. The van der Waals surface area contributed by atoms with E-state index < -0.39 is 22.4 Å². The van der Waals surface area contributed by atoms with Gasteiger partial charge in [0.15, 0.2) is 0 Å². The van der Waals surface area contributed by atoms with Crippen molar-refractivity contribution in [2.75, 3.05) is 0 Å². The van der Waals surface area contributed by atoms with Gasteiger partial charge in [0.2, 0.25) is 0 Å². The van der Waals surface area contributed by atoms with Crippen molar-refractivity contribution in [3.63, 3.8) is 0 Å². The van der Waals surface area contributed by atoms with Crippen LogP contribution in [0.1, 0.15) is 77.6 Å². The van der Waals surface area contributed by atoms with Crippen LogP contribution in [0.4, 0.5) is 0 Å². The van der Waals surface area contributed by atoms with Gasteiger partial charge >= 0.3 is 0 Å². The zero-order valence-electron chi connectivity index (χ0n) is 22.3. The fraction of sp³-hybridized carbons (Fsp3) is 0.375. The molecule has 0 aliphatic carbocycles. The van der Waals surface area contributed by atoms with Gasteiger partial charge in [-0.3, -0.25) is 0 Å². The molecule has 0 aliphatic rings. The quantitative estimate of drug-likeness (QED) is 0.466. The van der Waals surface area contributed by atoms with Crippen molar-refractivity contribution in [3.8, 4) is 58.5 Å². The van der Waals surface area contributed by atoms with Gasteiger partial charge in [-0.25, -0.2) is 0 Å². The number of hydrogen-bond acceptors (Lipinski definition) is 4. The Morgan fingerprint density at radius 3 is 0.750 bits per heavy atom. The van der Waals surface area contributed by atoms with E-state index in [0.717, 1.165) is 11.1 Å². The van der Waals surface area contributed by atoms with Crippen molar-refractivity contribution in [2.45, 2.75) is 77.8 Å². The highest BCUT2D eigenvalue weighted by Crippen LogP contribution is 2.25. The molecule has 0 amide bonds. The first-order valence-corrected chi connectivity index (χ1v) is 11.6. The summed E-state index contributed by atoms with van der Waals surface area (Å²) in [5.74, 6) is 23.3. The third-order valence-corrected chi connectivity index (χ3v) is 4.25. The standard InChI is InChI=1S/C32H34O4/c1-29(2,33)13-9-23-17-24(10-14-30(3,4)34)20-27(19-23)28-21-25(11-15-31(5,6)35)18-26(22-28)12-16-32(7,8)36/h17-22,33-36H,1-8H3. The van der Waals surface area contributed by atoms with Crippen LogP contribution in [-0.2, 0) is 0 Å². The molecule has 0 atom stereocenters. The van der Waals surface area contributed by atoms with E-state index in [1.807, 2.05) is 24.3 Å². The lowest BCUT2D eigenvalue weighted by molar-refractivity contribution is 0.143. The van der Waals surface area contributed by atoms with Gasteiger partial charge in [0.05, 0.1) is 0 Å². The fourth-order valence-corrected chi connectivity index (χ4v) is 2.78.